The van der Waals surface area contributed by atoms with Crippen LogP contribution in [-0.2, 0) is 6.42 Å². The van der Waals surface area contributed by atoms with Crippen molar-refractivity contribution in [3.63, 3.8) is 0 Å². The first kappa shape index (κ1) is 13.6. The Hall–Kier alpha value is -0.860. The maximum Gasteiger partial charge on any atom is 0.0257 e. The predicted molar refractivity (Wildman–Crippen MR) is 77.9 cm³/mol. The molecule has 0 radical (unpaired) electrons. The average Bonchev–Trinajstić information content (AvgIpc) is 2.24. The monoisotopic (exact) mass is 246 g/mol. The summed E-state index contributed by atoms with van der Waals surface area (Å²) < 4.78 is 0. The molecule has 0 saturated carbocycles. The van der Waals surface area contributed by atoms with Crippen molar-refractivity contribution in [1.29, 1.82) is 0 Å². The molecule has 2 heteroatoms. The van der Waals surface area contributed by atoms with E-state index in [1.807, 2.05) is 0 Å². The lowest BCUT2D eigenvalue weighted by atomic mass is 9.91. The molecule has 1 aromatic carbocycles. The molecule has 1 fully saturated rings. The van der Waals surface area contributed by atoms with E-state index in [0.717, 1.165) is 26.1 Å². The van der Waals surface area contributed by atoms with Gasteiger partial charge in [-0.3, -0.25) is 4.90 Å². The van der Waals surface area contributed by atoms with Crippen LogP contribution >= 0.6 is 0 Å². The molecular formula is C16H26N2. The number of hydrogen-bond acceptors (Lipinski definition) is 2. The van der Waals surface area contributed by atoms with Gasteiger partial charge in [0, 0.05) is 30.7 Å². The van der Waals surface area contributed by atoms with Crippen LogP contribution in [-0.4, -0.2) is 35.6 Å². The summed E-state index contributed by atoms with van der Waals surface area (Å²) >= 11 is 0. The van der Waals surface area contributed by atoms with Gasteiger partial charge in [-0.1, -0.05) is 30.3 Å². The Kier molecular flexibility index (Phi) is 3.79. The lowest BCUT2D eigenvalue weighted by Crippen LogP contribution is -2.66. The number of piperazine rings is 1. The van der Waals surface area contributed by atoms with E-state index in [1.54, 1.807) is 0 Å². The van der Waals surface area contributed by atoms with Crippen molar-refractivity contribution in [1.82, 2.24) is 10.2 Å². The van der Waals surface area contributed by atoms with E-state index < -0.39 is 0 Å². The third-order valence-electron chi connectivity index (χ3n) is 3.47. The van der Waals surface area contributed by atoms with Gasteiger partial charge in [0.25, 0.3) is 0 Å². The molecule has 2 nitrogen and oxygen atoms in total. The van der Waals surface area contributed by atoms with Gasteiger partial charge in [0.2, 0.25) is 0 Å². The highest BCUT2D eigenvalue weighted by atomic mass is 15.3. The lowest BCUT2D eigenvalue weighted by Gasteiger charge is -2.48. The molecule has 0 atom stereocenters. The third-order valence-corrected chi connectivity index (χ3v) is 3.47. The first-order chi connectivity index (χ1) is 8.36. The van der Waals surface area contributed by atoms with Crippen LogP contribution in [0.1, 0.15) is 33.3 Å². The summed E-state index contributed by atoms with van der Waals surface area (Å²) in [6.07, 6.45) is 1.15. The third kappa shape index (κ3) is 3.82. The topological polar surface area (TPSA) is 15.3 Å². The molecule has 1 N–H and O–H groups in total. The Labute approximate surface area is 111 Å². The molecule has 0 aliphatic carbocycles. The van der Waals surface area contributed by atoms with Crippen LogP contribution < -0.4 is 5.32 Å². The van der Waals surface area contributed by atoms with E-state index in [2.05, 4.69) is 68.2 Å². The smallest absolute Gasteiger partial charge is 0.0257 e. The van der Waals surface area contributed by atoms with Crippen LogP contribution in [0.2, 0.25) is 0 Å². The summed E-state index contributed by atoms with van der Waals surface area (Å²) in [7, 11) is 0. The van der Waals surface area contributed by atoms with Gasteiger partial charge in [-0.15, -0.1) is 0 Å². The number of nitrogens with zero attached hydrogens (tertiary/aromatic N) is 1. The quantitative estimate of drug-likeness (QED) is 0.882. The SMILES string of the molecule is CC1(C)CN(CCc2ccccc2)CC(C)(C)N1. The van der Waals surface area contributed by atoms with Crippen LogP contribution in [0.4, 0.5) is 0 Å². The lowest BCUT2D eigenvalue weighted by molar-refractivity contribution is 0.0792. The minimum Gasteiger partial charge on any atom is -0.304 e. The molecular weight excluding hydrogens is 220 g/mol. The van der Waals surface area contributed by atoms with Crippen LogP contribution in [0.15, 0.2) is 30.3 Å². The minimum atomic E-state index is 0.207. The summed E-state index contributed by atoms with van der Waals surface area (Å²) in [6, 6.07) is 10.8. The highest BCUT2D eigenvalue weighted by molar-refractivity contribution is 5.15. The molecule has 18 heavy (non-hydrogen) atoms. The van der Waals surface area contributed by atoms with Crippen molar-refractivity contribution < 1.29 is 0 Å². The van der Waals surface area contributed by atoms with E-state index in [1.165, 1.54) is 5.56 Å². The van der Waals surface area contributed by atoms with E-state index in [4.69, 9.17) is 0 Å². The normalized spacial score (nSPS) is 22.9. The largest absolute Gasteiger partial charge is 0.304 e. The van der Waals surface area contributed by atoms with Crippen molar-refractivity contribution in [3.05, 3.63) is 35.9 Å². The summed E-state index contributed by atoms with van der Waals surface area (Å²) in [5, 5.41) is 3.72. The number of hydrogen-bond donors (Lipinski definition) is 1. The molecule has 0 amide bonds. The summed E-state index contributed by atoms with van der Waals surface area (Å²) in [6.45, 7) is 12.6. The first-order valence-corrected chi connectivity index (χ1v) is 6.92. The number of benzene rings is 1. The van der Waals surface area contributed by atoms with E-state index in [0.29, 0.717) is 0 Å². The summed E-state index contributed by atoms with van der Waals surface area (Å²) in [4.78, 5) is 2.59. The Morgan fingerprint density at radius 1 is 1.00 bits per heavy atom. The maximum atomic E-state index is 3.72. The van der Waals surface area contributed by atoms with Crippen LogP contribution in [0.25, 0.3) is 0 Å². The summed E-state index contributed by atoms with van der Waals surface area (Å²) in [5.74, 6) is 0. The van der Waals surface area contributed by atoms with E-state index >= 15 is 0 Å². The van der Waals surface area contributed by atoms with Gasteiger partial charge in [0.1, 0.15) is 0 Å². The molecule has 0 bridgehead atoms. The van der Waals surface area contributed by atoms with Gasteiger partial charge in [-0.25, -0.2) is 0 Å². The molecule has 1 aliphatic heterocycles. The second-order valence-corrected chi connectivity index (χ2v) is 6.84. The van der Waals surface area contributed by atoms with Gasteiger partial charge >= 0.3 is 0 Å². The fraction of sp³-hybridized carbons (Fsp3) is 0.625. The maximum absolute atomic E-state index is 3.72. The molecule has 1 saturated heterocycles. The van der Waals surface area contributed by atoms with Gasteiger partial charge in [0.15, 0.2) is 0 Å². The molecule has 100 valence electrons. The van der Waals surface area contributed by atoms with Gasteiger partial charge in [-0.05, 0) is 39.7 Å². The van der Waals surface area contributed by atoms with Gasteiger partial charge in [0.05, 0.1) is 0 Å². The Morgan fingerprint density at radius 3 is 2.11 bits per heavy atom. The van der Waals surface area contributed by atoms with Crippen LogP contribution in [0.5, 0.6) is 0 Å². The molecule has 1 aliphatic rings. The number of nitrogens with one attached hydrogen (secondary N) is 1. The Bertz CT molecular complexity index is 365. The van der Waals surface area contributed by atoms with Crippen molar-refractivity contribution >= 4 is 0 Å². The zero-order valence-electron chi connectivity index (χ0n) is 12.2. The Morgan fingerprint density at radius 2 is 1.56 bits per heavy atom. The minimum absolute atomic E-state index is 0.207. The first-order valence-electron chi connectivity index (χ1n) is 6.92. The average molecular weight is 246 g/mol. The molecule has 0 spiro atoms. The zero-order valence-corrected chi connectivity index (χ0v) is 12.2. The van der Waals surface area contributed by atoms with Crippen molar-refractivity contribution in [2.24, 2.45) is 0 Å². The van der Waals surface area contributed by atoms with E-state index in [9.17, 15) is 0 Å². The zero-order chi connectivity index (χ0) is 13.2. The number of rotatable bonds is 3. The Balaban J connectivity index is 1.93. The van der Waals surface area contributed by atoms with Crippen LogP contribution in [0.3, 0.4) is 0 Å². The molecule has 0 aromatic heterocycles. The van der Waals surface area contributed by atoms with Crippen molar-refractivity contribution in [3.8, 4) is 0 Å². The second kappa shape index (κ2) is 5.02. The van der Waals surface area contributed by atoms with Crippen molar-refractivity contribution in [2.45, 2.75) is 45.2 Å². The fourth-order valence-electron chi connectivity index (χ4n) is 3.26. The van der Waals surface area contributed by atoms with Gasteiger partial charge < -0.3 is 5.32 Å². The van der Waals surface area contributed by atoms with Gasteiger partial charge in [-0.2, -0.15) is 0 Å². The molecule has 1 aromatic rings. The molecule has 1 heterocycles. The van der Waals surface area contributed by atoms with Crippen molar-refractivity contribution in [2.75, 3.05) is 19.6 Å². The predicted octanol–water partition coefficient (Wildman–Crippen LogP) is 2.69. The standard InChI is InChI=1S/C16H26N2/c1-15(2)12-18(13-16(3,4)17-15)11-10-14-8-6-5-7-9-14/h5-9,17H,10-13H2,1-4H3. The van der Waals surface area contributed by atoms with Crippen LogP contribution in [0, 0.1) is 0 Å². The molecule has 2 rings (SSSR count). The van der Waals surface area contributed by atoms with E-state index in [-0.39, 0.29) is 11.1 Å². The fourth-order valence-corrected chi connectivity index (χ4v) is 3.26. The highest BCUT2D eigenvalue weighted by Crippen LogP contribution is 2.20. The highest BCUT2D eigenvalue weighted by Gasteiger charge is 2.35. The summed E-state index contributed by atoms with van der Waals surface area (Å²) in [5.41, 5.74) is 1.85. The second-order valence-electron chi connectivity index (χ2n) is 6.84. The molecule has 0 unspecified atom stereocenters.